The molecule has 0 N–H and O–H groups in total. The molecule has 0 radical (unpaired) electrons. The summed E-state index contributed by atoms with van der Waals surface area (Å²) in [6.45, 7) is 0. The van der Waals surface area contributed by atoms with Crippen molar-refractivity contribution in [2.24, 2.45) is 0 Å². The smallest absolute Gasteiger partial charge is 1.00 e. The quantitative estimate of drug-likeness (QED) is 0.329. The van der Waals surface area contributed by atoms with E-state index >= 15 is 0 Å². The SMILES string of the molecule is O=[N+]([O-])c1ccc(Cl)cc1.[H-].[Na+]. The van der Waals surface area contributed by atoms with Gasteiger partial charge in [-0.3, -0.25) is 10.1 Å². The molecule has 0 saturated heterocycles. The number of nitro benzene ring substituents is 1. The molecule has 1 aromatic rings. The van der Waals surface area contributed by atoms with Crippen molar-refractivity contribution in [1.82, 2.24) is 0 Å². The molecule has 0 aliphatic heterocycles. The van der Waals surface area contributed by atoms with Gasteiger partial charge in [0.1, 0.15) is 0 Å². The standard InChI is InChI=1S/C6H4ClNO2.Na.H/c7-5-1-3-6(4-2-5)8(9)10;;/h1-4H;;/q;+1;-1. The fraction of sp³-hybridized carbons (Fsp3) is 0. The number of hydrogen-bond acceptors (Lipinski definition) is 2. The summed E-state index contributed by atoms with van der Waals surface area (Å²) in [7, 11) is 0. The zero-order valence-corrected chi connectivity index (χ0v) is 8.71. The van der Waals surface area contributed by atoms with E-state index in [9.17, 15) is 10.1 Å². The third-order valence-electron chi connectivity index (χ3n) is 1.04. The molecule has 1 aromatic carbocycles. The van der Waals surface area contributed by atoms with Gasteiger partial charge in [0.25, 0.3) is 5.69 Å². The summed E-state index contributed by atoms with van der Waals surface area (Å²) in [5, 5.41) is 10.6. The van der Waals surface area contributed by atoms with Crippen LogP contribution in [-0.2, 0) is 0 Å². The van der Waals surface area contributed by atoms with Crippen LogP contribution < -0.4 is 29.6 Å². The molecule has 1 rings (SSSR count). The third-order valence-corrected chi connectivity index (χ3v) is 1.29. The average molecular weight is 182 g/mol. The summed E-state index contributed by atoms with van der Waals surface area (Å²) in [4.78, 5) is 9.61. The van der Waals surface area contributed by atoms with Gasteiger partial charge in [0.05, 0.1) is 4.92 Å². The minimum absolute atomic E-state index is 0. The van der Waals surface area contributed by atoms with Gasteiger partial charge < -0.3 is 1.43 Å². The molecular formula is C6H5ClNNaO2. The Hall–Kier alpha value is -0.0900. The Morgan fingerprint density at radius 3 is 2.18 bits per heavy atom. The van der Waals surface area contributed by atoms with Gasteiger partial charge in [0.15, 0.2) is 0 Å². The minimum atomic E-state index is -0.462. The predicted molar refractivity (Wildman–Crippen MR) is 39.2 cm³/mol. The molecule has 5 heteroatoms. The molecule has 0 fully saturated rings. The predicted octanol–water partition coefficient (Wildman–Crippen LogP) is -0.635. The maximum atomic E-state index is 10.1. The van der Waals surface area contributed by atoms with Gasteiger partial charge in [-0.25, -0.2) is 0 Å². The summed E-state index contributed by atoms with van der Waals surface area (Å²) in [6, 6.07) is 5.70. The third kappa shape index (κ3) is 3.20. The first-order valence-corrected chi connectivity index (χ1v) is 2.98. The maximum Gasteiger partial charge on any atom is 1.00 e. The van der Waals surface area contributed by atoms with E-state index in [0.29, 0.717) is 5.02 Å². The number of benzene rings is 1. The zero-order valence-electron chi connectivity index (χ0n) is 6.95. The van der Waals surface area contributed by atoms with Gasteiger partial charge in [-0.05, 0) is 12.1 Å². The number of halogens is 1. The van der Waals surface area contributed by atoms with Gasteiger partial charge in [-0.15, -0.1) is 0 Å². The minimum Gasteiger partial charge on any atom is -1.00 e. The second kappa shape index (κ2) is 4.72. The molecule has 0 bridgehead atoms. The van der Waals surface area contributed by atoms with Crippen LogP contribution in [0.5, 0.6) is 0 Å². The van der Waals surface area contributed by atoms with Gasteiger partial charge in [0.2, 0.25) is 0 Å². The Kier molecular flexibility index (Phi) is 4.68. The maximum absolute atomic E-state index is 10.1. The molecule has 54 valence electrons. The largest absolute Gasteiger partial charge is 1.00 e. The Bertz CT molecular complexity index is 254. The second-order valence-corrected chi connectivity index (χ2v) is 2.17. The molecule has 0 saturated carbocycles. The van der Waals surface area contributed by atoms with E-state index in [0.717, 1.165) is 0 Å². The van der Waals surface area contributed by atoms with Crippen molar-refractivity contribution in [3.63, 3.8) is 0 Å². The van der Waals surface area contributed by atoms with Crippen LogP contribution >= 0.6 is 11.6 Å². The topological polar surface area (TPSA) is 43.1 Å². The summed E-state index contributed by atoms with van der Waals surface area (Å²) in [6.07, 6.45) is 0. The molecule has 0 aromatic heterocycles. The van der Waals surface area contributed by atoms with E-state index in [2.05, 4.69) is 0 Å². The first-order chi connectivity index (χ1) is 4.70. The summed E-state index contributed by atoms with van der Waals surface area (Å²) in [5.41, 5.74) is 0.0596. The summed E-state index contributed by atoms with van der Waals surface area (Å²) in [5.74, 6) is 0. The summed E-state index contributed by atoms with van der Waals surface area (Å²) >= 11 is 5.49. The number of non-ortho nitro benzene ring substituents is 1. The van der Waals surface area contributed by atoms with Gasteiger partial charge in [-0.2, -0.15) is 0 Å². The first-order valence-electron chi connectivity index (χ1n) is 2.60. The van der Waals surface area contributed by atoms with Crippen LogP contribution in [0.3, 0.4) is 0 Å². The van der Waals surface area contributed by atoms with Crippen LogP contribution in [0.2, 0.25) is 5.02 Å². The molecule has 0 unspecified atom stereocenters. The van der Waals surface area contributed by atoms with E-state index in [4.69, 9.17) is 11.6 Å². The van der Waals surface area contributed by atoms with E-state index in [1.165, 1.54) is 24.3 Å². The molecule has 0 aliphatic carbocycles. The average Bonchev–Trinajstić information content (AvgIpc) is 1.88. The van der Waals surface area contributed by atoms with Crippen molar-refractivity contribution < 1.29 is 35.9 Å². The van der Waals surface area contributed by atoms with Crippen molar-refractivity contribution >= 4 is 17.3 Å². The van der Waals surface area contributed by atoms with Crippen LogP contribution in [0.25, 0.3) is 0 Å². The van der Waals surface area contributed by atoms with Crippen LogP contribution in [-0.4, -0.2) is 4.92 Å². The molecule has 11 heavy (non-hydrogen) atoms. The van der Waals surface area contributed by atoms with Crippen molar-refractivity contribution in [2.75, 3.05) is 0 Å². The molecule has 0 amide bonds. The fourth-order valence-corrected chi connectivity index (χ4v) is 0.689. The van der Waals surface area contributed by atoms with Crippen molar-refractivity contribution in [2.45, 2.75) is 0 Å². The van der Waals surface area contributed by atoms with E-state index < -0.39 is 4.92 Å². The number of hydrogen-bond donors (Lipinski definition) is 0. The normalized spacial score (nSPS) is 8.45. The fourth-order valence-electron chi connectivity index (χ4n) is 0.563. The molecule has 0 aliphatic rings. The van der Waals surface area contributed by atoms with Crippen LogP contribution in [0, 0.1) is 10.1 Å². The first kappa shape index (κ1) is 10.9. The molecule has 3 nitrogen and oxygen atoms in total. The monoisotopic (exact) mass is 181 g/mol. The van der Waals surface area contributed by atoms with Crippen molar-refractivity contribution in [3.8, 4) is 0 Å². The molecule has 0 atom stereocenters. The number of rotatable bonds is 1. The number of nitrogens with zero attached hydrogens (tertiary/aromatic N) is 1. The van der Waals surface area contributed by atoms with Crippen LogP contribution in [0.15, 0.2) is 24.3 Å². The Morgan fingerprint density at radius 2 is 1.82 bits per heavy atom. The molecule has 0 spiro atoms. The molecule has 0 heterocycles. The molecular weight excluding hydrogens is 177 g/mol. The van der Waals surface area contributed by atoms with Gasteiger partial charge in [0, 0.05) is 17.2 Å². The van der Waals surface area contributed by atoms with Gasteiger partial charge in [-0.1, -0.05) is 11.6 Å². The van der Waals surface area contributed by atoms with Crippen molar-refractivity contribution in [3.05, 3.63) is 39.4 Å². The van der Waals surface area contributed by atoms with E-state index in [1.807, 2.05) is 0 Å². The Morgan fingerprint density at radius 1 is 1.36 bits per heavy atom. The van der Waals surface area contributed by atoms with Crippen LogP contribution in [0.1, 0.15) is 1.43 Å². The Labute approximate surface area is 92.3 Å². The van der Waals surface area contributed by atoms with E-state index in [-0.39, 0.29) is 36.7 Å². The number of nitro groups is 1. The van der Waals surface area contributed by atoms with Crippen LogP contribution in [0.4, 0.5) is 5.69 Å². The van der Waals surface area contributed by atoms with Crippen molar-refractivity contribution in [1.29, 1.82) is 0 Å². The second-order valence-electron chi connectivity index (χ2n) is 1.73. The summed E-state index contributed by atoms with van der Waals surface area (Å²) < 4.78 is 0. The van der Waals surface area contributed by atoms with Gasteiger partial charge >= 0.3 is 29.6 Å². The van der Waals surface area contributed by atoms with E-state index in [1.54, 1.807) is 0 Å². The Balaban J connectivity index is 0. The zero-order chi connectivity index (χ0) is 7.56.